The third kappa shape index (κ3) is 3.84. The van der Waals surface area contributed by atoms with E-state index in [-0.39, 0.29) is 13.0 Å². The van der Waals surface area contributed by atoms with Crippen LogP contribution in [0.1, 0.15) is 31.8 Å². The van der Waals surface area contributed by atoms with E-state index >= 15 is 0 Å². The highest BCUT2D eigenvalue weighted by Crippen LogP contribution is 2.26. The van der Waals surface area contributed by atoms with Gasteiger partial charge in [0.05, 0.1) is 11.1 Å². The molecule has 1 unspecified atom stereocenters. The van der Waals surface area contributed by atoms with Crippen LogP contribution < -0.4 is 5.32 Å². The Labute approximate surface area is 179 Å². The molecule has 0 spiro atoms. The minimum Gasteiger partial charge on any atom is -0.350 e. The highest BCUT2D eigenvalue weighted by molar-refractivity contribution is 6.31. The molecule has 0 bridgehead atoms. The molecule has 0 fully saturated rings. The van der Waals surface area contributed by atoms with Gasteiger partial charge in [-0.05, 0) is 29.3 Å². The summed E-state index contributed by atoms with van der Waals surface area (Å²) in [4.78, 5) is 40.2. The van der Waals surface area contributed by atoms with Crippen molar-refractivity contribution in [2.75, 3.05) is 0 Å². The summed E-state index contributed by atoms with van der Waals surface area (Å²) in [6.45, 7) is 0.201. The van der Waals surface area contributed by atoms with E-state index in [0.717, 1.165) is 16.0 Å². The highest BCUT2D eigenvalue weighted by atomic mass is 35.5. The van der Waals surface area contributed by atoms with Crippen molar-refractivity contribution in [3.05, 3.63) is 106 Å². The molecule has 6 heteroatoms. The lowest BCUT2D eigenvalue weighted by Gasteiger charge is -2.25. The quantitative estimate of drug-likeness (QED) is 0.618. The van der Waals surface area contributed by atoms with Crippen molar-refractivity contribution < 1.29 is 14.4 Å². The van der Waals surface area contributed by atoms with Crippen molar-refractivity contribution in [3.63, 3.8) is 0 Å². The summed E-state index contributed by atoms with van der Waals surface area (Å²) in [7, 11) is 0. The number of fused-ring (bicyclic) bond motifs is 1. The fourth-order valence-electron chi connectivity index (χ4n) is 3.57. The molecule has 1 atom stereocenters. The van der Waals surface area contributed by atoms with E-state index in [1.807, 2.05) is 48.5 Å². The molecule has 1 aliphatic rings. The second-order valence-electron chi connectivity index (χ2n) is 7.04. The average Bonchev–Trinajstić information content (AvgIpc) is 3.02. The maximum absolute atomic E-state index is 13.2. The molecule has 3 aromatic carbocycles. The molecule has 1 aliphatic heterocycles. The Bertz CT molecular complexity index is 1080. The van der Waals surface area contributed by atoms with Gasteiger partial charge in [0.25, 0.3) is 11.8 Å². The number of hydrogen-bond donors (Lipinski definition) is 1. The van der Waals surface area contributed by atoms with Crippen molar-refractivity contribution in [2.24, 2.45) is 0 Å². The maximum Gasteiger partial charge on any atom is 0.262 e. The SMILES string of the molecule is O=C(NCc1ccccc1Cl)C(Cc1ccccc1)N1C(=O)c2ccccc2C1=O. The monoisotopic (exact) mass is 418 g/mol. The first-order valence-electron chi connectivity index (χ1n) is 9.58. The Balaban J connectivity index is 1.62. The van der Waals surface area contributed by atoms with Gasteiger partial charge < -0.3 is 5.32 Å². The second-order valence-corrected chi connectivity index (χ2v) is 7.45. The summed E-state index contributed by atoms with van der Waals surface area (Å²) in [6, 6.07) is 22.2. The average molecular weight is 419 g/mol. The third-order valence-corrected chi connectivity index (χ3v) is 5.49. The number of carbonyl (C=O) groups excluding carboxylic acids is 3. The fourth-order valence-corrected chi connectivity index (χ4v) is 3.77. The molecule has 30 heavy (non-hydrogen) atoms. The summed E-state index contributed by atoms with van der Waals surface area (Å²) in [5, 5.41) is 3.38. The summed E-state index contributed by atoms with van der Waals surface area (Å²) in [5.41, 5.74) is 2.25. The van der Waals surface area contributed by atoms with Gasteiger partial charge >= 0.3 is 0 Å². The van der Waals surface area contributed by atoms with Crippen molar-refractivity contribution in [2.45, 2.75) is 19.0 Å². The Hall–Kier alpha value is -3.44. The number of rotatable bonds is 6. The van der Waals surface area contributed by atoms with E-state index in [2.05, 4.69) is 5.32 Å². The Morgan fingerprint density at radius 3 is 2.03 bits per heavy atom. The molecule has 0 radical (unpaired) electrons. The lowest BCUT2D eigenvalue weighted by atomic mass is 10.0. The highest BCUT2D eigenvalue weighted by Gasteiger charge is 2.42. The standard InChI is InChI=1S/C24H19ClN2O3/c25-20-13-7-4-10-17(20)15-26-22(28)21(14-16-8-2-1-3-9-16)27-23(29)18-11-5-6-12-19(18)24(27)30/h1-13,21H,14-15H2,(H,26,28). The van der Waals surface area contributed by atoms with Crippen LogP contribution in [0.5, 0.6) is 0 Å². The fraction of sp³-hybridized carbons (Fsp3) is 0.125. The summed E-state index contributed by atoms with van der Waals surface area (Å²) >= 11 is 6.18. The van der Waals surface area contributed by atoms with Crippen molar-refractivity contribution in [3.8, 4) is 0 Å². The molecule has 0 aromatic heterocycles. The number of hydrogen-bond acceptors (Lipinski definition) is 3. The van der Waals surface area contributed by atoms with Crippen LogP contribution in [-0.4, -0.2) is 28.7 Å². The van der Waals surface area contributed by atoms with Crippen LogP contribution in [0.2, 0.25) is 5.02 Å². The van der Waals surface area contributed by atoms with E-state index in [0.29, 0.717) is 16.1 Å². The number of nitrogens with zero attached hydrogens (tertiary/aromatic N) is 1. The molecular formula is C24H19ClN2O3. The van der Waals surface area contributed by atoms with Crippen LogP contribution in [0.4, 0.5) is 0 Å². The van der Waals surface area contributed by atoms with Crippen molar-refractivity contribution in [1.82, 2.24) is 10.2 Å². The summed E-state index contributed by atoms with van der Waals surface area (Å²) in [5.74, 6) is -1.32. The van der Waals surface area contributed by atoms with Gasteiger partial charge in [-0.25, -0.2) is 0 Å². The van der Waals surface area contributed by atoms with E-state index in [9.17, 15) is 14.4 Å². The van der Waals surface area contributed by atoms with Crippen LogP contribution in [-0.2, 0) is 17.8 Å². The molecule has 1 N–H and O–H groups in total. The molecule has 3 amide bonds. The van der Waals surface area contributed by atoms with Gasteiger partial charge in [-0.1, -0.05) is 72.3 Å². The van der Waals surface area contributed by atoms with Crippen LogP contribution >= 0.6 is 11.6 Å². The van der Waals surface area contributed by atoms with E-state index in [1.54, 1.807) is 30.3 Å². The van der Waals surface area contributed by atoms with Gasteiger partial charge in [-0.2, -0.15) is 0 Å². The molecule has 0 saturated heterocycles. The predicted octanol–water partition coefficient (Wildman–Crippen LogP) is 3.86. The normalized spacial score (nSPS) is 13.8. The first-order chi connectivity index (χ1) is 14.6. The van der Waals surface area contributed by atoms with Crippen LogP contribution in [0.3, 0.4) is 0 Å². The summed E-state index contributed by atoms with van der Waals surface area (Å²) < 4.78 is 0. The number of nitrogens with one attached hydrogen (secondary N) is 1. The second kappa shape index (κ2) is 8.51. The van der Waals surface area contributed by atoms with Crippen molar-refractivity contribution >= 4 is 29.3 Å². The molecule has 0 saturated carbocycles. The topological polar surface area (TPSA) is 66.5 Å². The molecule has 4 rings (SSSR count). The Morgan fingerprint density at radius 1 is 0.833 bits per heavy atom. The zero-order valence-corrected chi connectivity index (χ0v) is 16.8. The summed E-state index contributed by atoms with van der Waals surface area (Å²) in [6.07, 6.45) is 0.223. The number of amides is 3. The first-order valence-corrected chi connectivity index (χ1v) is 9.96. The van der Waals surface area contributed by atoms with E-state index in [4.69, 9.17) is 11.6 Å². The van der Waals surface area contributed by atoms with Gasteiger partial charge in [0.2, 0.25) is 5.91 Å². The molecule has 1 heterocycles. The first kappa shape index (κ1) is 19.9. The number of carbonyl (C=O) groups is 3. The number of benzene rings is 3. The van der Waals surface area contributed by atoms with Crippen LogP contribution in [0, 0.1) is 0 Å². The van der Waals surface area contributed by atoms with E-state index < -0.39 is 23.8 Å². The van der Waals surface area contributed by atoms with Crippen LogP contribution in [0.25, 0.3) is 0 Å². The number of imide groups is 1. The van der Waals surface area contributed by atoms with Crippen LogP contribution in [0.15, 0.2) is 78.9 Å². The largest absolute Gasteiger partial charge is 0.350 e. The Kier molecular flexibility index (Phi) is 5.63. The molecule has 150 valence electrons. The van der Waals surface area contributed by atoms with Gasteiger partial charge in [0.1, 0.15) is 6.04 Å². The minimum absolute atomic E-state index is 0.201. The third-order valence-electron chi connectivity index (χ3n) is 5.12. The lowest BCUT2D eigenvalue weighted by molar-refractivity contribution is -0.125. The predicted molar refractivity (Wildman–Crippen MR) is 114 cm³/mol. The van der Waals surface area contributed by atoms with E-state index in [1.165, 1.54) is 0 Å². The Morgan fingerprint density at radius 2 is 1.40 bits per heavy atom. The zero-order valence-electron chi connectivity index (χ0n) is 16.0. The minimum atomic E-state index is -0.970. The molecule has 5 nitrogen and oxygen atoms in total. The van der Waals surface area contributed by atoms with Gasteiger partial charge in [-0.3, -0.25) is 19.3 Å². The number of halogens is 1. The zero-order chi connectivity index (χ0) is 21.1. The van der Waals surface area contributed by atoms with Gasteiger partial charge in [0.15, 0.2) is 0 Å². The molecule has 3 aromatic rings. The smallest absolute Gasteiger partial charge is 0.262 e. The molecular weight excluding hydrogens is 400 g/mol. The van der Waals surface area contributed by atoms with Gasteiger partial charge in [-0.15, -0.1) is 0 Å². The van der Waals surface area contributed by atoms with Gasteiger partial charge in [0, 0.05) is 18.0 Å². The molecule has 0 aliphatic carbocycles. The maximum atomic E-state index is 13.2. The van der Waals surface area contributed by atoms with Crippen molar-refractivity contribution in [1.29, 1.82) is 0 Å². The lowest BCUT2D eigenvalue weighted by Crippen LogP contribution is -2.50.